The molecule has 0 aliphatic carbocycles. The van der Waals surface area contributed by atoms with Crippen LogP contribution in [0.3, 0.4) is 0 Å². The van der Waals surface area contributed by atoms with Crippen molar-refractivity contribution >= 4 is 60.2 Å². The van der Waals surface area contributed by atoms with Crippen LogP contribution in [0.25, 0.3) is 98.7 Å². The van der Waals surface area contributed by atoms with Crippen molar-refractivity contribution in [3.63, 3.8) is 0 Å². The Hall–Kier alpha value is -8.52. The van der Waals surface area contributed by atoms with Gasteiger partial charge in [0.05, 0.1) is 0 Å². The van der Waals surface area contributed by atoms with Crippen molar-refractivity contribution < 1.29 is 0 Å². The SMILES string of the molecule is c1ccc(-c2ccc3cc(N(c4ccc(-c5ccccc5)c(-c5ccccc5)c4)c4ccc(-c5cc6ccccc6c6ccccc56)c(-c5cccc6ccccc56)c4)ccc3c2)cc1. The van der Waals surface area contributed by atoms with E-state index in [2.05, 4.69) is 266 Å². The zero-order valence-electron chi connectivity index (χ0n) is 35.8. The number of hydrogen-bond acceptors (Lipinski definition) is 1. The summed E-state index contributed by atoms with van der Waals surface area (Å²) in [4.78, 5) is 2.45. The first-order valence-electron chi connectivity index (χ1n) is 22.4. The van der Waals surface area contributed by atoms with Crippen LogP contribution in [0.1, 0.15) is 0 Å². The third-order valence-corrected chi connectivity index (χ3v) is 13.0. The molecule has 0 spiro atoms. The Balaban J connectivity index is 1.12. The summed E-state index contributed by atoms with van der Waals surface area (Å²) in [6.07, 6.45) is 0. The Labute approximate surface area is 379 Å². The van der Waals surface area contributed by atoms with Gasteiger partial charge >= 0.3 is 0 Å². The van der Waals surface area contributed by atoms with Gasteiger partial charge in [-0.2, -0.15) is 0 Å². The predicted molar refractivity (Wildman–Crippen MR) is 278 cm³/mol. The maximum absolute atomic E-state index is 2.45. The molecule has 0 unspecified atom stereocenters. The molecule has 12 rings (SSSR count). The molecule has 0 heterocycles. The lowest BCUT2D eigenvalue weighted by molar-refractivity contribution is 1.29. The first-order chi connectivity index (χ1) is 32.2. The molecule has 0 N–H and O–H groups in total. The molecule has 0 amide bonds. The van der Waals surface area contributed by atoms with Gasteiger partial charge in [-0.3, -0.25) is 0 Å². The van der Waals surface area contributed by atoms with Crippen molar-refractivity contribution in [2.75, 3.05) is 4.90 Å². The topological polar surface area (TPSA) is 3.24 Å². The molecule has 0 saturated carbocycles. The van der Waals surface area contributed by atoms with Gasteiger partial charge in [-0.15, -0.1) is 0 Å². The van der Waals surface area contributed by atoms with E-state index >= 15 is 0 Å². The molecular formula is C64H43N. The summed E-state index contributed by atoms with van der Waals surface area (Å²) in [6, 6.07) is 95.5. The van der Waals surface area contributed by atoms with Crippen LogP contribution in [0.4, 0.5) is 17.1 Å². The average molecular weight is 826 g/mol. The minimum Gasteiger partial charge on any atom is -0.310 e. The first kappa shape index (κ1) is 38.2. The maximum atomic E-state index is 2.45. The molecule has 0 aromatic heterocycles. The van der Waals surface area contributed by atoms with Gasteiger partial charge < -0.3 is 4.90 Å². The smallest absolute Gasteiger partial charge is 0.0468 e. The number of nitrogens with zero attached hydrogens (tertiary/aromatic N) is 1. The largest absolute Gasteiger partial charge is 0.310 e. The lowest BCUT2D eigenvalue weighted by Crippen LogP contribution is -2.11. The van der Waals surface area contributed by atoms with Crippen LogP contribution in [-0.4, -0.2) is 0 Å². The third-order valence-electron chi connectivity index (χ3n) is 13.0. The van der Waals surface area contributed by atoms with Crippen LogP contribution in [0.5, 0.6) is 0 Å². The Morgan fingerprint density at radius 3 is 1.43 bits per heavy atom. The van der Waals surface area contributed by atoms with Crippen molar-refractivity contribution in [2.24, 2.45) is 0 Å². The van der Waals surface area contributed by atoms with Gasteiger partial charge in [-0.1, -0.05) is 212 Å². The van der Waals surface area contributed by atoms with Gasteiger partial charge in [0.15, 0.2) is 0 Å². The summed E-state index contributed by atoms with van der Waals surface area (Å²) in [7, 11) is 0. The highest BCUT2D eigenvalue weighted by Gasteiger charge is 2.21. The molecule has 0 fully saturated rings. The molecule has 0 aliphatic heterocycles. The molecule has 1 nitrogen and oxygen atoms in total. The third kappa shape index (κ3) is 7.01. The van der Waals surface area contributed by atoms with Crippen molar-refractivity contribution in [2.45, 2.75) is 0 Å². The summed E-state index contributed by atoms with van der Waals surface area (Å²) in [5.74, 6) is 0. The van der Waals surface area contributed by atoms with E-state index < -0.39 is 0 Å². The number of hydrogen-bond donors (Lipinski definition) is 0. The minimum atomic E-state index is 1.08. The van der Waals surface area contributed by atoms with Crippen LogP contribution < -0.4 is 4.90 Å². The average Bonchev–Trinajstić information content (AvgIpc) is 3.39. The van der Waals surface area contributed by atoms with E-state index in [0.717, 1.165) is 17.1 Å². The molecule has 0 radical (unpaired) electrons. The van der Waals surface area contributed by atoms with Gasteiger partial charge in [0.1, 0.15) is 0 Å². The Morgan fingerprint density at radius 2 is 0.692 bits per heavy atom. The maximum Gasteiger partial charge on any atom is 0.0468 e. The number of fused-ring (bicyclic) bond motifs is 5. The zero-order chi connectivity index (χ0) is 43.1. The van der Waals surface area contributed by atoms with Crippen LogP contribution in [0.2, 0.25) is 0 Å². The zero-order valence-corrected chi connectivity index (χ0v) is 35.8. The van der Waals surface area contributed by atoms with Crippen molar-refractivity contribution in [1.29, 1.82) is 0 Å². The van der Waals surface area contributed by atoms with Gasteiger partial charge in [-0.05, 0) is 147 Å². The van der Waals surface area contributed by atoms with Crippen molar-refractivity contribution in [1.82, 2.24) is 0 Å². The molecule has 304 valence electrons. The highest BCUT2D eigenvalue weighted by Crippen LogP contribution is 2.47. The number of rotatable bonds is 8. The van der Waals surface area contributed by atoms with E-state index in [9.17, 15) is 0 Å². The van der Waals surface area contributed by atoms with E-state index in [1.165, 1.54) is 98.7 Å². The quantitative estimate of drug-likeness (QED) is 0.138. The minimum absolute atomic E-state index is 1.08. The molecule has 0 saturated heterocycles. The van der Waals surface area contributed by atoms with E-state index in [0.29, 0.717) is 0 Å². The van der Waals surface area contributed by atoms with Crippen LogP contribution in [0.15, 0.2) is 261 Å². The van der Waals surface area contributed by atoms with Crippen LogP contribution in [0, 0.1) is 0 Å². The summed E-state index contributed by atoms with van der Waals surface area (Å²) >= 11 is 0. The van der Waals surface area contributed by atoms with Crippen molar-refractivity contribution in [3.05, 3.63) is 261 Å². The summed E-state index contributed by atoms with van der Waals surface area (Å²) < 4.78 is 0. The Morgan fingerprint density at radius 1 is 0.185 bits per heavy atom. The summed E-state index contributed by atoms with van der Waals surface area (Å²) in [5.41, 5.74) is 15.2. The van der Waals surface area contributed by atoms with Crippen molar-refractivity contribution in [3.8, 4) is 55.6 Å². The monoisotopic (exact) mass is 825 g/mol. The second-order valence-electron chi connectivity index (χ2n) is 16.9. The lowest BCUT2D eigenvalue weighted by atomic mass is 9.87. The predicted octanol–water partition coefficient (Wildman–Crippen LogP) is 18.1. The van der Waals surface area contributed by atoms with E-state index in [1.54, 1.807) is 0 Å². The molecular weight excluding hydrogens is 783 g/mol. The Kier molecular flexibility index (Phi) is 9.58. The summed E-state index contributed by atoms with van der Waals surface area (Å²) in [6.45, 7) is 0. The molecule has 1 heteroatoms. The molecule has 0 bridgehead atoms. The highest BCUT2D eigenvalue weighted by atomic mass is 15.1. The van der Waals surface area contributed by atoms with E-state index in [4.69, 9.17) is 0 Å². The first-order valence-corrected chi connectivity index (χ1v) is 22.4. The van der Waals surface area contributed by atoms with E-state index in [-0.39, 0.29) is 0 Å². The number of anilines is 3. The van der Waals surface area contributed by atoms with E-state index in [1.807, 2.05) is 0 Å². The van der Waals surface area contributed by atoms with Gasteiger partial charge in [0.25, 0.3) is 0 Å². The second-order valence-corrected chi connectivity index (χ2v) is 16.9. The fourth-order valence-electron chi connectivity index (χ4n) is 9.89. The highest BCUT2D eigenvalue weighted by molar-refractivity contribution is 6.16. The number of benzene rings is 12. The molecule has 12 aromatic rings. The molecule has 0 aliphatic rings. The molecule has 0 atom stereocenters. The molecule has 12 aromatic carbocycles. The van der Waals surface area contributed by atoms with Gasteiger partial charge in [-0.25, -0.2) is 0 Å². The fourth-order valence-corrected chi connectivity index (χ4v) is 9.89. The van der Waals surface area contributed by atoms with Gasteiger partial charge in [0.2, 0.25) is 0 Å². The normalized spacial score (nSPS) is 11.4. The fraction of sp³-hybridized carbons (Fsp3) is 0. The molecule has 65 heavy (non-hydrogen) atoms. The standard InChI is InChI=1S/C64H43N/c1-4-17-44(18-5-1)48-31-32-50-40-52(34-33-49(50)39-48)65(53-35-37-57(45-19-6-2-7-20-45)62(42-53)47-21-8-3-9-22-47)54-36-38-61(64(43-54)59-30-16-25-46-23-10-12-26-55(46)59)63-41-51-24-11-13-27-56(51)58-28-14-15-29-60(58)63/h1-43H. The van der Waals surface area contributed by atoms with Crippen LogP contribution in [-0.2, 0) is 0 Å². The van der Waals surface area contributed by atoms with Crippen LogP contribution >= 0.6 is 0 Å². The lowest BCUT2D eigenvalue weighted by Gasteiger charge is -2.28. The van der Waals surface area contributed by atoms with Gasteiger partial charge in [0, 0.05) is 17.1 Å². The summed E-state index contributed by atoms with van der Waals surface area (Å²) in [5, 5.41) is 9.83. The second kappa shape index (κ2) is 16.3. The Bertz CT molecular complexity index is 3700.